The zero-order valence-corrected chi connectivity index (χ0v) is 28.1. The molecule has 10 heteroatoms. The first kappa shape index (κ1) is 41.3. The van der Waals surface area contributed by atoms with Crippen molar-refractivity contribution in [2.24, 2.45) is 7.05 Å². The van der Waals surface area contributed by atoms with E-state index in [0.717, 1.165) is 21.0 Å². The number of rotatable bonds is 6. The molecule has 0 saturated carbocycles. The van der Waals surface area contributed by atoms with Crippen molar-refractivity contribution in [1.82, 2.24) is 9.78 Å². The van der Waals surface area contributed by atoms with Crippen LogP contribution < -0.4 is 43.1 Å². The van der Waals surface area contributed by atoms with Crippen LogP contribution in [0.15, 0.2) is 90.1 Å². The SMILES string of the molecule is C.C.Cc1cc(C)n(C)n1.Cc1cc[n+](CC(=O)c2cccs2)cc1.Cc1ccc[n+](CC(=O)c2cccs2)c1.[Br-].[Br-]. The summed E-state index contributed by atoms with van der Waals surface area (Å²) in [6.45, 7) is 8.92. The minimum atomic E-state index is 0. The summed E-state index contributed by atoms with van der Waals surface area (Å²) in [4.78, 5) is 25.2. The molecule has 42 heavy (non-hydrogen) atoms. The van der Waals surface area contributed by atoms with Gasteiger partial charge in [0, 0.05) is 36.5 Å². The van der Waals surface area contributed by atoms with E-state index in [4.69, 9.17) is 0 Å². The highest BCUT2D eigenvalue weighted by molar-refractivity contribution is 7.12. The van der Waals surface area contributed by atoms with Crippen molar-refractivity contribution in [3.8, 4) is 0 Å². The van der Waals surface area contributed by atoms with Crippen LogP contribution in [-0.2, 0) is 20.1 Å². The monoisotopic (exact) mass is 736 g/mol. The number of carbonyl (C=O) groups excluding carboxylic acids is 2. The summed E-state index contributed by atoms with van der Waals surface area (Å²) in [6, 6.07) is 17.6. The molecular formula is C32H42Br2N4O2S2. The lowest BCUT2D eigenvalue weighted by atomic mass is 10.3. The van der Waals surface area contributed by atoms with Gasteiger partial charge in [-0.3, -0.25) is 14.3 Å². The second-order valence-corrected chi connectivity index (χ2v) is 10.8. The van der Waals surface area contributed by atoms with Crippen LogP contribution in [-0.4, -0.2) is 21.3 Å². The molecule has 0 atom stereocenters. The van der Waals surface area contributed by atoms with E-state index in [-0.39, 0.29) is 60.4 Å². The Kier molecular flexibility index (Phi) is 20.7. The molecule has 0 aliphatic rings. The number of aromatic nitrogens is 4. The molecule has 5 rings (SSSR count). The van der Waals surface area contributed by atoms with E-state index < -0.39 is 0 Å². The van der Waals surface area contributed by atoms with Crippen LogP contribution in [0, 0.1) is 27.7 Å². The van der Waals surface area contributed by atoms with E-state index in [2.05, 4.69) is 11.2 Å². The highest BCUT2D eigenvalue weighted by atomic mass is 79.9. The Morgan fingerprint density at radius 3 is 1.64 bits per heavy atom. The molecule has 0 unspecified atom stereocenters. The molecule has 0 aliphatic carbocycles. The molecule has 6 nitrogen and oxygen atoms in total. The molecule has 0 bridgehead atoms. The first-order valence-electron chi connectivity index (χ1n) is 12.2. The summed E-state index contributed by atoms with van der Waals surface area (Å²) in [6.07, 6.45) is 7.76. The van der Waals surface area contributed by atoms with Gasteiger partial charge in [-0.1, -0.05) is 27.0 Å². The summed E-state index contributed by atoms with van der Waals surface area (Å²) in [5.41, 5.74) is 4.67. The molecule has 5 heterocycles. The maximum Gasteiger partial charge on any atom is 0.237 e. The number of nitrogens with zero attached hydrogens (tertiary/aromatic N) is 4. The third-order valence-electron chi connectivity index (χ3n) is 5.54. The Hall–Kier alpha value is -2.79. The Morgan fingerprint density at radius 1 is 0.738 bits per heavy atom. The van der Waals surface area contributed by atoms with Crippen molar-refractivity contribution in [2.75, 3.05) is 0 Å². The first-order chi connectivity index (χ1) is 18.2. The molecular weight excluding hydrogens is 696 g/mol. The number of aryl methyl sites for hydroxylation is 5. The van der Waals surface area contributed by atoms with Gasteiger partial charge < -0.3 is 34.0 Å². The van der Waals surface area contributed by atoms with Crippen molar-refractivity contribution in [3.05, 3.63) is 122 Å². The zero-order valence-electron chi connectivity index (χ0n) is 23.3. The molecule has 0 saturated heterocycles. The molecule has 228 valence electrons. The van der Waals surface area contributed by atoms with Crippen molar-refractivity contribution in [1.29, 1.82) is 0 Å². The summed E-state index contributed by atoms with van der Waals surface area (Å²) in [5.74, 6) is 0.333. The standard InChI is InChI=1S/2C12H12NOS.C6H10N2.2CH4.2BrH/c1-10-4-2-6-13(8-10)9-11(14)12-5-3-7-15-12;1-10-4-6-13(7-5-10)9-11(14)12-3-2-8-15-12;1-5-4-6(2)8(3)7-5;;;;/h2*2-8H,9H2,1H3;4H,1-3H3;2*1H4;2*1H/q2*+1;;;;;/p-2. The molecule has 0 amide bonds. The van der Waals surface area contributed by atoms with E-state index in [1.165, 1.54) is 33.9 Å². The Morgan fingerprint density at radius 2 is 1.26 bits per heavy atom. The number of pyridine rings is 2. The molecule has 0 spiro atoms. The van der Waals surface area contributed by atoms with E-state index in [1.54, 1.807) is 0 Å². The Balaban J connectivity index is 0. The van der Waals surface area contributed by atoms with E-state index in [9.17, 15) is 9.59 Å². The van der Waals surface area contributed by atoms with Gasteiger partial charge in [0.15, 0.2) is 24.8 Å². The van der Waals surface area contributed by atoms with E-state index >= 15 is 0 Å². The van der Waals surface area contributed by atoms with Gasteiger partial charge in [-0.25, -0.2) is 0 Å². The molecule has 0 aliphatic heterocycles. The van der Waals surface area contributed by atoms with Gasteiger partial charge in [0.05, 0.1) is 15.4 Å². The topological polar surface area (TPSA) is 59.7 Å². The molecule has 0 N–H and O–H groups in total. The van der Waals surface area contributed by atoms with Crippen LogP contribution in [0.1, 0.15) is 56.7 Å². The number of thiophene rings is 2. The largest absolute Gasteiger partial charge is 1.00 e. The maximum atomic E-state index is 11.8. The normalized spacial score (nSPS) is 9.17. The minimum Gasteiger partial charge on any atom is -1.00 e. The van der Waals surface area contributed by atoms with Gasteiger partial charge in [0.1, 0.15) is 0 Å². The Bertz CT molecular complexity index is 1430. The average Bonchev–Trinajstić information content (AvgIpc) is 3.65. The summed E-state index contributed by atoms with van der Waals surface area (Å²) < 4.78 is 5.68. The number of ketones is 2. The summed E-state index contributed by atoms with van der Waals surface area (Å²) in [5, 5.41) is 7.98. The number of hydrogen-bond acceptors (Lipinski definition) is 5. The number of Topliss-reactive ketones (excluding diaryl/α,β-unsaturated/α-hetero) is 2. The second-order valence-electron chi connectivity index (χ2n) is 8.95. The number of carbonyl (C=O) groups is 2. The van der Waals surface area contributed by atoms with Crippen LogP contribution in [0.2, 0.25) is 0 Å². The van der Waals surface area contributed by atoms with Crippen molar-refractivity contribution in [3.63, 3.8) is 0 Å². The summed E-state index contributed by atoms with van der Waals surface area (Å²) in [7, 11) is 1.95. The molecule has 0 aromatic carbocycles. The fourth-order valence-corrected chi connectivity index (χ4v) is 4.80. The van der Waals surface area contributed by atoms with Crippen LogP contribution in [0.4, 0.5) is 0 Å². The second kappa shape index (κ2) is 21.0. The smallest absolute Gasteiger partial charge is 0.237 e. The lowest BCUT2D eigenvalue weighted by molar-refractivity contribution is -0.683. The van der Waals surface area contributed by atoms with E-state index in [0.29, 0.717) is 13.1 Å². The zero-order chi connectivity index (χ0) is 27.5. The Labute approximate surface area is 280 Å². The van der Waals surface area contributed by atoms with Crippen molar-refractivity contribution in [2.45, 2.75) is 55.6 Å². The number of hydrogen-bond donors (Lipinski definition) is 0. The first-order valence-corrected chi connectivity index (χ1v) is 14.0. The third kappa shape index (κ3) is 13.9. The van der Waals surface area contributed by atoms with Crippen LogP contribution in [0.5, 0.6) is 0 Å². The van der Waals surface area contributed by atoms with E-state index in [1.807, 2.05) is 133 Å². The minimum absolute atomic E-state index is 0. The fourth-order valence-electron chi connectivity index (χ4n) is 3.49. The third-order valence-corrected chi connectivity index (χ3v) is 7.37. The highest BCUT2D eigenvalue weighted by Gasteiger charge is 2.13. The maximum absolute atomic E-state index is 11.8. The number of halogens is 2. The highest BCUT2D eigenvalue weighted by Crippen LogP contribution is 2.10. The predicted molar refractivity (Wildman–Crippen MR) is 166 cm³/mol. The lowest BCUT2D eigenvalue weighted by Crippen LogP contribution is -3.00. The molecule has 0 radical (unpaired) electrons. The van der Waals surface area contributed by atoms with Gasteiger partial charge in [0.2, 0.25) is 24.7 Å². The fraction of sp³-hybridized carbons (Fsp3) is 0.281. The lowest BCUT2D eigenvalue weighted by Gasteiger charge is -1.95. The average molecular weight is 739 g/mol. The van der Waals surface area contributed by atoms with Crippen molar-refractivity contribution >= 4 is 34.2 Å². The van der Waals surface area contributed by atoms with Gasteiger partial charge in [-0.2, -0.15) is 14.2 Å². The predicted octanol–water partition coefficient (Wildman–Crippen LogP) is 0.771. The van der Waals surface area contributed by atoms with Gasteiger partial charge in [0.25, 0.3) is 0 Å². The van der Waals surface area contributed by atoms with Crippen LogP contribution >= 0.6 is 22.7 Å². The molecule has 5 aromatic heterocycles. The van der Waals surface area contributed by atoms with Gasteiger partial charge in [-0.05, 0) is 68.3 Å². The van der Waals surface area contributed by atoms with Crippen molar-refractivity contribution < 1.29 is 52.7 Å². The quantitative estimate of drug-likeness (QED) is 0.191. The van der Waals surface area contributed by atoms with Crippen LogP contribution in [0.25, 0.3) is 0 Å². The molecule has 0 fully saturated rings. The van der Waals surface area contributed by atoms with Gasteiger partial charge >= 0.3 is 0 Å². The van der Waals surface area contributed by atoms with Crippen LogP contribution in [0.3, 0.4) is 0 Å². The van der Waals surface area contributed by atoms with Gasteiger partial charge in [-0.15, -0.1) is 22.7 Å². The molecule has 5 aromatic rings. The summed E-state index contributed by atoms with van der Waals surface area (Å²) >= 11 is 2.98.